The zero-order valence-corrected chi connectivity index (χ0v) is 20.8. The molecule has 0 aliphatic rings. The number of rotatable bonds is 13. The van der Waals surface area contributed by atoms with Gasteiger partial charge in [-0.2, -0.15) is 12.6 Å². The Morgan fingerprint density at radius 2 is 1.47 bits per heavy atom. The molecular formula is C23H36N4O6S. The molecule has 0 saturated carbocycles. The molecular weight excluding hydrogens is 460 g/mol. The van der Waals surface area contributed by atoms with Crippen LogP contribution in [-0.4, -0.2) is 63.8 Å². The van der Waals surface area contributed by atoms with Gasteiger partial charge in [0, 0.05) is 12.2 Å². The number of nitrogens with two attached hydrogens (primary N) is 1. The van der Waals surface area contributed by atoms with Crippen molar-refractivity contribution in [3.05, 3.63) is 29.8 Å². The van der Waals surface area contributed by atoms with E-state index in [1.54, 1.807) is 26.0 Å². The summed E-state index contributed by atoms with van der Waals surface area (Å²) in [4.78, 5) is 50.0. The van der Waals surface area contributed by atoms with Crippen LogP contribution in [0.25, 0.3) is 0 Å². The van der Waals surface area contributed by atoms with E-state index < -0.39 is 47.9 Å². The van der Waals surface area contributed by atoms with Crippen LogP contribution in [-0.2, 0) is 25.6 Å². The Kier molecular flexibility index (Phi) is 11.9. The Morgan fingerprint density at radius 3 is 1.94 bits per heavy atom. The molecule has 0 aromatic heterocycles. The number of amides is 3. The van der Waals surface area contributed by atoms with Crippen molar-refractivity contribution in [2.45, 2.75) is 64.7 Å². The average molecular weight is 497 g/mol. The first kappa shape index (κ1) is 29.2. The maximum absolute atomic E-state index is 13.1. The van der Waals surface area contributed by atoms with Gasteiger partial charge in [0.2, 0.25) is 17.7 Å². The first-order chi connectivity index (χ1) is 15.8. The van der Waals surface area contributed by atoms with Gasteiger partial charge in [0.1, 0.15) is 23.9 Å². The van der Waals surface area contributed by atoms with Crippen molar-refractivity contribution in [1.29, 1.82) is 0 Å². The van der Waals surface area contributed by atoms with Crippen LogP contribution in [0.3, 0.4) is 0 Å². The third-order valence-electron chi connectivity index (χ3n) is 5.11. The summed E-state index contributed by atoms with van der Waals surface area (Å²) >= 11 is 3.99. The number of nitrogens with one attached hydrogen (secondary N) is 3. The molecule has 0 radical (unpaired) electrons. The van der Waals surface area contributed by atoms with Gasteiger partial charge in [-0.15, -0.1) is 0 Å². The third kappa shape index (κ3) is 9.60. The Labute approximate surface area is 205 Å². The lowest BCUT2D eigenvalue weighted by atomic mass is 9.99. The van der Waals surface area contributed by atoms with Crippen molar-refractivity contribution >= 4 is 36.3 Å². The molecule has 1 aromatic rings. The van der Waals surface area contributed by atoms with Crippen LogP contribution in [0.2, 0.25) is 0 Å². The van der Waals surface area contributed by atoms with Gasteiger partial charge < -0.3 is 31.9 Å². The third-order valence-corrected chi connectivity index (χ3v) is 5.50. The van der Waals surface area contributed by atoms with Crippen molar-refractivity contribution in [3.8, 4) is 5.75 Å². The van der Waals surface area contributed by atoms with E-state index in [1.165, 1.54) is 12.1 Å². The molecule has 4 atom stereocenters. The van der Waals surface area contributed by atoms with Crippen LogP contribution in [0.15, 0.2) is 24.3 Å². The second-order valence-corrected chi connectivity index (χ2v) is 9.35. The first-order valence-corrected chi connectivity index (χ1v) is 11.8. The number of hydrogen-bond acceptors (Lipinski definition) is 7. The molecule has 0 saturated heterocycles. The van der Waals surface area contributed by atoms with E-state index in [4.69, 9.17) is 5.73 Å². The van der Waals surface area contributed by atoms with Gasteiger partial charge in [-0.05, 0) is 36.0 Å². The molecule has 0 heterocycles. The summed E-state index contributed by atoms with van der Waals surface area (Å²) in [5.41, 5.74) is 6.33. The molecule has 1 rings (SSSR count). The summed E-state index contributed by atoms with van der Waals surface area (Å²) in [6.45, 7) is 7.14. The molecule has 0 spiro atoms. The maximum Gasteiger partial charge on any atom is 0.326 e. The molecule has 0 aliphatic carbocycles. The minimum atomic E-state index is -1.18. The Balaban J connectivity index is 3.13. The summed E-state index contributed by atoms with van der Waals surface area (Å²) in [6.07, 6.45) is 0.258. The summed E-state index contributed by atoms with van der Waals surface area (Å²) in [5, 5.41) is 26.7. The van der Waals surface area contributed by atoms with Crippen LogP contribution in [0, 0.1) is 11.8 Å². The number of aliphatic carboxylic acids is 1. The molecule has 11 heteroatoms. The maximum atomic E-state index is 13.1. The van der Waals surface area contributed by atoms with E-state index >= 15 is 0 Å². The topological polar surface area (TPSA) is 171 Å². The number of carbonyl (C=O) groups excluding carboxylic acids is 3. The normalized spacial score (nSPS) is 14.7. The second-order valence-electron chi connectivity index (χ2n) is 8.98. The van der Waals surface area contributed by atoms with Gasteiger partial charge in [-0.3, -0.25) is 14.4 Å². The highest BCUT2D eigenvalue weighted by Gasteiger charge is 2.31. The van der Waals surface area contributed by atoms with Crippen molar-refractivity contribution < 1.29 is 29.4 Å². The lowest BCUT2D eigenvalue weighted by Gasteiger charge is -2.27. The van der Waals surface area contributed by atoms with Crippen LogP contribution in [0.4, 0.5) is 0 Å². The molecule has 34 heavy (non-hydrogen) atoms. The quantitative estimate of drug-likeness (QED) is 0.194. The highest BCUT2D eigenvalue weighted by Crippen LogP contribution is 2.13. The zero-order valence-electron chi connectivity index (χ0n) is 19.9. The van der Waals surface area contributed by atoms with Crippen molar-refractivity contribution in [1.82, 2.24) is 16.0 Å². The van der Waals surface area contributed by atoms with E-state index in [-0.39, 0.29) is 36.2 Å². The molecule has 3 amide bonds. The summed E-state index contributed by atoms with van der Waals surface area (Å²) in [7, 11) is 0. The summed E-state index contributed by atoms with van der Waals surface area (Å²) < 4.78 is 0. The van der Waals surface area contributed by atoms with Gasteiger partial charge in [0.15, 0.2) is 0 Å². The number of phenolic OH excluding ortho intramolecular Hbond substituents is 1. The second kappa shape index (κ2) is 13.8. The lowest BCUT2D eigenvalue weighted by molar-refractivity contribution is -0.142. The Morgan fingerprint density at radius 1 is 0.912 bits per heavy atom. The zero-order chi connectivity index (χ0) is 26.0. The fraction of sp³-hybridized carbons (Fsp3) is 0.565. The van der Waals surface area contributed by atoms with Gasteiger partial charge >= 0.3 is 5.97 Å². The van der Waals surface area contributed by atoms with Crippen LogP contribution in [0.1, 0.15) is 39.7 Å². The predicted molar refractivity (Wildman–Crippen MR) is 131 cm³/mol. The smallest absolute Gasteiger partial charge is 0.326 e. The molecule has 190 valence electrons. The molecule has 0 aliphatic heterocycles. The number of aromatic hydroxyl groups is 1. The number of carboxylic acids is 1. The van der Waals surface area contributed by atoms with Crippen LogP contribution < -0.4 is 21.7 Å². The molecule has 0 bridgehead atoms. The minimum absolute atomic E-state index is 0.0168. The van der Waals surface area contributed by atoms with Gasteiger partial charge in [-0.1, -0.05) is 39.8 Å². The summed E-state index contributed by atoms with van der Waals surface area (Å²) in [5.74, 6) is -3.17. The van der Waals surface area contributed by atoms with Crippen molar-refractivity contribution in [2.75, 3.05) is 5.75 Å². The fourth-order valence-electron chi connectivity index (χ4n) is 3.18. The number of carboxylic acid groups (broad SMARTS) is 1. The fourth-order valence-corrected chi connectivity index (χ4v) is 3.35. The number of phenols is 1. The molecule has 1 aromatic carbocycles. The van der Waals surface area contributed by atoms with E-state index in [0.717, 1.165) is 0 Å². The SMILES string of the molecule is CC(C)CC(NC(=O)C(Cc1ccc(O)cc1)NC(=O)C(NC(=O)C(N)CS)C(C)C)C(=O)O. The Bertz CT molecular complexity index is 846. The van der Waals surface area contributed by atoms with E-state index in [2.05, 4.69) is 28.6 Å². The molecule has 4 unspecified atom stereocenters. The van der Waals surface area contributed by atoms with E-state index in [9.17, 15) is 29.4 Å². The molecule has 0 fully saturated rings. The highest BCUT2D eigenvalue weighted by atomic mass is 32.1. The molecule has 7 N–H and O–H groups in total. The number of hydrogen-bond donors (Lipinski definition) is 7. The van der Waals surface area contributed by atoms with Gasteiger partial charge in [-0.25, -0.2) is 4.79 Å². The van der Waals surface area contributed by atoms with Crippen LogP contribution >= 0.6 is 12.6 Å². The average Bonchev–Trinajstić information content (AvgIpc) is 2.76. The predicted octanol–water partition coefficient (Wildman–Crippen LogP) is 0.433. The van der Waals surface area contributed by atoms with Gasteiger partial charge in [0.05, 0.1) is 6.04 Å². The van der Waals surface area contributed by atoms with E-state index in [1.807, 2.05) is 13.8 Å². The van der Waals surface area contributed by atoms with Crippen LogP contribution in [0.5, 0.6) is 5.75 Å². The lowest BCUT2D eigenvalue weighted by Crippen LogP contribution is -2.59. The Hall–Kier alpha value is -2.79. The van der Waals surface area contributed by atoms with Crippen molar-refractivity contribution in [3.63, 3.8) is 0 Å². The minimum Gasteiger partial charge on any atom is -0.508 e. The standard InChI is InChI=1S/C23H36N4O6S/c1-12(2)9-18(23(32)33)26-21(30)17(10-14-5-7-15(28)8-6-14)25-22(31)19(13(3)4)27-20(29)16(24)11-34/h5-8,12-13,16-19,28,34H,9-11,24H2,1-4H3,(H,25,31)(H,26,30)(H,27,29)(H,32,33). The van der Waals surface area contributed by atoms with E-state index in [0.29, 0.717) is 5.56 Å². The number of thiol groups is 1. The molecule has 10 nitrogen and oxygen atoms in total. The number of benzene rings is 1. The van der Waals surface area contributed by atoms with Gasteiger partial charge in [0.25, 0.3) is 0 Å². The first-order valence-electron chi connectivity index (χ1n) is 11.1. The monoisotopic (exact) mass is 496 g/mol. The largest absolute Gasteiger partial charge is 0.508 e. The highest BCUT2D eigenvalue weighted by molar-refractivity contribution is 7.80. The summed E-state index contributed by atoms with van der Waals surface area (Å²) in [6, 6.07) is 1.96. The number of carbonyl (C=O) groups is 4. The van der Waals surface area contributed by atoms with Crippen molar-refractivity contribution in [2.24, 2.45) is 17.6 Å².